The van der Waals surface area contributed by atoms with Crippen molar-refractivity contribution in [2.24, 2.45) is 0 Å². The van der Waals surface area contributed by atoms with E-state index < -0.39 is 24.0 Å². The average Bonchev–Trinajstić information content (AvgIpc) is 2.93. The van der Waals surface area contributed by atoms with Gasteiger partial charge in [-0.25, -0.2) is 0 Å². The van der Waals surface area contributed by atoms with Crippen LogP contribution in [0.15, 0.2) is 0 Å². The van der Waals surface area contributed by atoms with Crippen LogP contribution >= 0.6 is 0 Å². The molecular weight excluding hydrogens is 552 g/mol. The molecule has 252 valence electrons. The summed E-state index contributed by atoms with van der Waals surface area (Å²) in [5.41, 5.74) is 0. The normalized spacial score (nSPS) is 17.7. The lowest BCUT2D eigenvalue weighted by molar-refractivity contribution is -0.308. The fourth-order valence-electron chi connectivity index (χ4n) is 5.75. The second-order valence-corrected chi connectivity index (χ2v) is 12.3. The Kier molecular flexibility index (Phi) is 23.3. The first kappa shape index (κ1) is 39.2. The highest BCUT2D eigenvalue weighted by Gasteiger charge is 2.19. The fraction of sp³-hybridized carbons (Fsp3) is 0.906. The van der Waals surface area contributed by atoms with Crippen molar-refractivity contribution in [3.63, 3.8) is 0 Å². The van der Waals surface area contributed by atoms with Crippen molar-refractivity contribution in [2.75, 3.05) is 78.5 Å². The van der Waals surface area contributed by atoms with Crippen molar-refractivity contribution in [2.45, 2.75) is 109 Å². The standard InChI is InChI=1S/C32H62N4O7/c1-2-3-4-5-6-7-8-9-10-11-12-13-14-15-16-29(37)25-33-17-19-34(26-30(38)39)21-23-36(28-32(42)43)24-22-35(20-18-33)27-31(40)41/h29,37H,2-28H2,1H3,(H,38,39)(H,40,41)(H,42,43)/p-3. The molecule has 1 atom stereocenters. The van der Waals surface area contributed by atoms with Gasteiger partial charge in [-0.3, -0.25) is 19.6 Å². The monoisotopic (exact) mass is 611 g/mol. The van der Waals surface area contributed by atoms with Gasteiger partial charge in [-0.1, -0.05) is 96.8 Å². The molecule has 0 aliphatic carbocycles. The molecule has 1 fully saturated rings. The van der Waals surface area contributed by atoms with Gasteiger partial charge in [-0.05, 0) is 6.42 Å². The summed E-state index contributed by atoms with van der Waals surface area (Å²) in [5.74, 6) is -3.66. The number of carboxylic acid groups (broad SMARTS) is 3. The Morgan fingerprint density at radius 3 is 1.09 bits per heavy atom. The first-order valence-corrected chi connectivity index (χ1v) is 16.9. The molecule has 1 aliphatic heterocycles. The van der Waals surface area contributed by atoms with Crippen molar-refractivity contribution in [3.8, 4) is 0 Å². The molecule has 0 amide bonds. The molecule has 0 aromatic heterocycles. The summed E-state index contributed by atoms with van der Waals surface area (Å²) in [6, 6.07) is 0. The van der Waals surface area contributed by atoms with Crippen LogP contribution in [-0.4, -0.2) is 127 Å². The predicted octanol–water partition coefficient (Wildman–Crippen LogP) is -0.310. The molecule has 0 spiro atoms. The van der Waals surface area contributed by atoms with E-state index in [2.05, 4.69) is 11.8 Å². The third kappa shape index (κ3) is 23.3. The van der Waals surface area contributed by atoms with Crippen LogP contribution in [0.4, 0.5) is 0 Å². The van der Waals surface area contributed by atoms with E-state index in [-0.39, 0.29) is 19.6 Å². The topological polar surface area (TPSA) is 154 Å². The highest BCUT2D eigenvalue weighted by molar-refractivity contribution is 5.67. The molecule has 0 aromatic rings. The maximum absolute atomic E-state index is 11.3. The molecule has 0 aromatic carbocycles. The number of hydrogen-bond acceptors (Lipinski definition) is 11. The van der Waals surface area contributed by atoms with Crippen molar-refractivity contribution < 1.29 is 34.8 Å². The van der Waals surface area contributed by atoms with Crippen molar-refractivity contribution >= 4 is 17.9 Å². The Morgan fingerprint density at radius 2 is 0.791 bits per heavy atom. The minimum absolute atomic E-state index is 0.272. The SMILES string of the molecule is CCCCCCCCCCCCCCCCC(O)CN1CCN(CC(=O)[O-])CCN(CC(=O)[O-])CCN(CC(=O)[O-])CC1. The maximum atomic E-state index is 11.3. The van der Waals surface area contributed by atoms with Crippen LogP contribution in [-0.2, 0) is 14.4 Å². The Bertz CT molecular complexity index is 711. The van der Waals surface area contributed by atoms with Gasteiger partial charge in [0.2, 0.25) is 0 Å². The number of aliphatic hydroxyl groups is 1. The molecule has 1 unspecified atom stereocenters. The number of carbonyl (C=O) groups excluding carboxylic acids is 3. The van der Waals surface area contributed by atoms with Crippen LogP contribution in [0, 0.1) is 0 Å². The molecule has 0 radical (unpaired) electrons. The third-order valence-electron chi connectivity index (χ3n) is 8.35. The highest BCUT2D eigenvalue weighted by atomic mass is 16.4. The van der Waals surface area contributed by atoms with Crippen LogP contribution in [0.5, 0.6) is 0 Å². The summed E-state index contributed by atoms with van der Waals surface area (Å²) in [7, 11) is 0. The molecular formula is C32H59N4O7-3. The summed E-state index contributed by atoms with van der Waals surface area (Å²) in [4.78, 5) is 41.0. The van der Waals surface area contributed by atoms with Gasteiger partial charge in [0.15, 0.2) is 0 Å². The lowest BCUT2D eigenvalue weighted by atomic mass is 10.0. The molecule has 1 N–H and O–H groups in total. The van der Waals surface area contributed by atoms with E-state index in [1.807, 2.05) is 0 Å². The zero-order chi connectivity index (χ0) is 31.7. The van der Waals surface area contributed by atoms with Gasteiger partial charge >= 0.3 is 0 Å². The smallest absolute Gasteiger partial charge is 0.0667 e. The van der Waals surface area contributed by atoms with Gasteiger partial charge in [0.25, 0.3) is 0 Å². The number of nitrogens with zero attached hydrogens (tertiary/aromatic N) is 4. The number of unbranched alkanes of at least 4 members (excludes halogenated alkanes) is 13. The van der Waals surface area contributed by atoms with Crippen LogP contribution in [0.2, 0.25) is 0 Å². The van der Waals surface area contributed by atoms with Crippen LogP contribution < -0.4 is 15.3 Å². The Morgan fingerprint density at radius 1 is 0.512 bits per heavy atom. The maximum Gasteiger partial charge on any atom is 0.0667 e. The minimum Gasteiger partial charge on any atom is -0.549 e. The molecule has 1 aliphatic rings. The van der Waals surface area contributed by atoms with Gasteiger partial charge in [0.1, 0.15) is 0 Å². The Balaban J connectivity index is 2.45. The first-order valence-electron chi connectivity index (χ1n) is 16.9. The zero-order valence-corrected chi connectivity index (χ0v) is 26.9. The van der Waals surface area contributed by atoms with E-state index in [0.717, 1.165) is 12.8 Å². The molecule has 11 nitrogen and oxygen atoms in total. The number of rotatable bonds is 23. The second kappa shape index (κ2) is 25.5. The minimum atomic E-state index is -1.25. The second-order valence-electron chi connectivity index (χ2n) is 12.3. The van der Waals surface area contributed by atoms with Gasteiger partial charge < -0.3 is 34.8 Å². The van der Waals surface area contributed by atoms with Gasteiger partial charge in [0, 0.05) is 78.5 Å². The van der Waals surface area contributed by atoms with Crippen molar-refractivity contribution in [3.05, 3.63) is 0 Å². The molecule has 1 rings (SSSR count). The number of carbonyl (C=O) groups is 3. The molecule has 0 bridgehead atoms. The average molecular weight is 612 g/mol. The fourth-order valence-corrected chi connectivity index (χ4v) is 5.75. The van der Waals surface area contributed by atoms with E-state index >= 15 is 0 Å². The van der Waals surface area contributed by atoms with Crippen LogP contribution in [0.3, 0.4) is 0 Å². The highest BCUT2D eigenvalue weighted by Crippen LogP contribution is 2.14. The quantitative estimate of drug-likeness (QED) is 0.151. The summed E-state index contributed by atoms with van der Waals surface area (Å²) in [5, 5.41) is 44.6. The largest absolute Gasteiger partial charge is 0.549 e. The van der Waals surface area contributed by atoms with E-state index in [1.54, 1.807) is 14.7 Å². The van der Waals surface area contributed by atoms with E-state index in [0.29, 0.717) is 65.3 Å². The number of aliphatic carboxylic acids is 3. The summed E-state index contributed by atoms with van der Waals surface area (Å²) in [6.07, 6.45) is 18.1. The summed E-state index contributed by atoms with van der Waals surface area (Å²) in [6.45, 7) is 4.81. The van der Waals surface area contributed by atoms with Gasteiger partial charge in [-0.2, -0.15) is 0 Å². The Hall–Kier alpha value is -1.79. The number of β-amino-alcohol motifs (C(OH)–C–C–N with tert-alkyl or cyclic N) is 1. The lowest BCUT2D eigenvalue weighted by Gasteiger charge is -2.35. The van der Waals surface area contributed by atoms with Crippen LogP contribution in [0.1, 0.15) is 103 Å². The summed E-state index contributed by atoms with van der Waals surface area (Å²) >= 11 is 0. The molecule has 11 heteroatoms. The zero-order valence-electron chi connectivity index (χ0n) is 26.9. The molecule has 43 heavy (non-hydrogen) atoms. The van der Waals surface area contributed by atoms with E-state index in [9.17, 15) is 34.8 Å². The van der Waals surface area contributed by atoms with Gasteiger partial charge in [0.05, 0.1) is 24.0 Å². The summed E-state index contributed by atoms with van der Waals surface area (Å²) < 4.78 is 0. The third-order valence-corrected chi connectivity index (χ3v) is 8.35. The number of aliphatic hydroxyl groups excluding tert-OH is 1. The molecule has 1 heterocycles. The molecule has 0 saturated carbocycles. The first-order chi connectivity index (χ1) is 20.7. The van der Waals surface area contributed by atoms with E-state index in [4.69, 9.17) is 0 Å². The van der Waals surface area contributed by atoms with Crippen LogP contribution in [0.25, 0.3) is 0 Å². The number of carboxylic acids is 3. The van der Waals surface area contributed by atoms with Crippen molar-refractivity contribution in [1.82, 2.24) is 19.6 Å². The van der Waals surface area contributed by atoms with Crippen molar-refractivity contribution in [1.29, 1.82) is 0 Å². The Labute approximate surface area is 260 Å². The predicted molar refractivity (Wildman–Crippen MR) is 162 cm³/mol. The van der Waals surface area contributed by atoms with E-state index in [1.165, 1.54) is 77.0 Å². The number of hydrogen-bond donors (Lipinski definition) is 1. The lowest BCUT2D eigenvalue weighted by Crippen LogP contribution is -2.51. The van der Waals surface area contributed by atoms with Gasteiger partial charge in [-0.15, -0.1) is 0 Å². The molecule has 1 saturated heterocycles.